The Morgan fingerprint density at radius 1 is 0.815 bits per heavy atom. The van der Waals surface area contributed by atoms with Crippen LogP contribution < -0.4 is 5.32 Å². The predicted molar refractivity (Wildman–Crippen MR) is 111 cm³/mol. The highest BCUT2D eigenvalue weighted by atomic mass is 16.1. The fraction of sp³-hybridized carbons (Fsp3) is 0.120. The van der Waals surface area contributed by atoms with Gasteiger partial charge in [-0.2, -0.15) is 0 Å². The molecule has 3 aromatic carbocycles. The van der Waals surface area contributed by atoms with Gasteiger partial charge in [-0.15, -0.1) is 0 Å². The van der Waals surface area contributed by atoms with Gasteiger partial charge in [0.1, 0.15) is 5.70 Å². The van der Waals surface area contributed by atoms with Crippen molar-refractivity contribution in [2.75, 3.05) is 6.54 Å². The fourth-order valence-corrected chi connectivity index (χ4v) is 2.74. The van der Waals surface area contributed by atoms with Gasteiger partial charge in [0.05, 0.1) is 0 Å². The summed E-state index contributed by atoms with van der Waals surface area (Å²) in [5, 5.41) is 3.22. The molecule has 0 aliphatic carbocycles. The van der Waals surface area contributed by atoms with Crippen LogP contribution in [-0.2, 0) is 4.79 Å². The summed E-state index contributed by atoms with van der Waals surface area (Å²) in [5.41, 5.74) is 4.41. The van der Waals surface area contributed by atoms with Crippen LogP contribution >= 0.6 is 0 Å². The summed E-state index contributed by atoms with van der Waals surface area (Å²) in [4.78, 5) is 11.4. The summed E-state index contributed by atoms with van der Waals surface area (Å²) in [6.45, 7) is 2.80. The molecular weight excluding hydrogens is 330 g/mol. The van der Waals surface area contributed by atoms with E-state index in [0.29, 0.717) is 18.2 Å². The monoisotopic (exact) mass is 351 g/mol. The topological polar surface area (TPSA) is 29.1 Å². The quantitative estimate of drug-likeness (QED) is 0.535. The van der Waals surface area contributed by atoms with E-state index in [0.717, 1.165) is 16.7 Å². The predicted octanol–water partition coefficient (Wildman–Crippen LogP) is 4.65. The third-order valence-corrected chi connectivity index (χ3v) is 4.35. The molecule has 0 unspecified atom stereocenters. The molecular formula is C25H21NO. The maximum absolute atomic E-state index is 11.4. The van der Waals surface area contributed by atoms with Crippen molar-refractivity contribution in [3.63, 3.8) is 0 Å². The van der Waals surface area contributed by atoms with Gasteiger partial charge in [-0.05, 0) is 35.7 Å². The molecule has 0 aromatic heterocycles. The van der Waals surface area contributed by atoms with Gasteiger partial charge < -0.3 is 5.32 Å². The van der Waals surface area contributed by atoms with Crippen molar-refractivity contribution in [2.45, 2.75) is 12.8 Å². The molecule has 2 nitrogen and oxygen atoms in total. The molecule has 0 saturated carbocycles. The molecule has 1 atom stereocenters. The van der Waals surface area contributed by atoms with Crippen molar-refractivity contribution in [3.05, 3.63) is 107 Å². The van der Waals surface area contributed by atoms with E-state index in [1.807, 2.05) is 78.7 Å². The first kappa shape index (κ1) is 18.3. The Bertz CT molecular complexity index is 973. The standard InChI is InChI=1S/C25H21NO/c1-20(23-10-6-3-7-11-23)18-26-25(19-27)24-16-14-22(15-17-24)13-12-21-8-4-2-5-9-21/h2-11,14-17,20,26H,18H2,1H3/t20-/m0/s1. The molecule has 3 rings (SSSR count). The summed E-state index contributed by atoms with van der Waals surface area (Å²) >= 11 is 0. The first-order chi connectivity index (χ1) is 13.3. The third-order valence-electron chi connectivity index (χ3n) is 4.35. The highest BCUT2D eigenvalue weighted by Crippen LogP contribution is 2.16. The van der Waals surface area contributed by atoms with E-state index >= 15 is 0 Å². The highest BCUT2D eigenvalue weighted by Gasteiger charge is 2.07. The molecule has 27 heavy (non-hydrogen) atoms. The summed E-state index contributed by atoms with van der Waals surface area (Å²) in [6, 6.07) is 27.7. The smallest absolute Gasteiger partial charge is 0.150 e. The normalized spacial score (nSPS) is 10.9. The summed E-state index contributed by atoms with van der Waals surface area (Å²) in [7, 11) is 0. The minimum absolute atomic E-state index is 0.297. The second kappa shape index (κ2) is 9.25. The van der Waals surface area contributed by atoms with E-state index in [-0.39, 0.29) is 0 Å². The van der Waals surface area contributed by atoms with E-state index in [2.05, 4.69) is 36.2 Å². The van der Waals surface area contributed by atoms with Crippen LogP contribution in [0.1, 0.15) is 35.1 Å². The molecule has 0 fully saturated rings. The van der Waals surface area contributed by atoms with Crippen molar-refractivity contribution < 1.29 is 4.79 Å². The van der Waals surface area contributed by atoms with Gasteiger partial charge in [0.2, 0.25) is 0 Å². The SMILES string of the molecule is C[C@@H](CNC(=C=O)c1ccc(C#Cc2ccccc2)cc1)c1ccccc1. The van der Waals surface area contributed by atoms with Gasteiger partial charge in [0.15, 0.2) is 5.94 Å². The van der Waals surface area contributed by atoms with E-state index in [1.165, 1.54) is 5.56 Å². The number of nitrogens with one attached hydrogen (secondary N) is 1. The Labute approximate surface area is 160 Å². The Kier molecular flexibility index (Phi) is 6.26. The van der Waals surface area contributed by atoms with Crippen molar-refractivity contribution in [1.82, 2.24) is 5.32 Å². The number of benzene rings is 3. The lowest BCUT2D eigenvalue weighted by atomic mass is 10.0. The van der Waals surface area contributed by atoms with Gasteiger partial charge in [0.25, 0.3) is 0 Å². The summed E-state index contributed by atoms with van der Waals surface area (Å²) in [6.07, 6.45) is 0. The minimum Gasteiger partial charge on any atom is -0.375 e. The lowest BCUT2D eigenvalue weighted by molar-refractivity contribution is 0.568. The van der Waals surface area contributed by atoms with E-state index in [9.17, 15) is 4.79 Å². The lowest BCUT2D eigenvalue weighted by Gasteiger charge is -2.14. The molecule has 0 saturated heterocycles. The van der Waals surface area contributed by atoms with Crippen LogP contribution in [0.4, 0.5) is 0 Å². The van der Waals surface area contributed by atoms with Crippen LogP contribution in [0.5, 0.6) is 0 Å². The Morgan fingerprint density at radius 3 is 1.96 bits per heavy atom. The molecule has 1 N–H and O–H groups in total. The third kappa shape index (κ3) is 5.22. The van der Waals surface area contributed by atoms with Crippen molar-refractivity contribution in [1.29, 1.82) is 0 Å². The lowest BCUT2D eigenvalue weighted by Crippen LogP contribution is -2.19. The zero-order valence-corrected chi connectivity index (χ0v) is 15.3. The second-order valence-corrected chi connectivity index (χ2v) is 6.36. The van der Waals surface area contributed by atoms with E-state index in [4.69, 9.17) is 0 Å². The molecule has 3 aromatic rings. The average molecular weight is 351 g/mol. The summed E-state index contributed by atoms with van der Waals surface area (Å²) in [5.74, 6) is 8.59. The molecule has 0 spiro atoms. The molecule has 132 valence electrons. The molecule has 2 heteroatoms. The Balaban J connectivity index is 1.64. The average Bonchev–Trinajstić information content (AvgIpc) is 2.74. The molecule has 0 amide bonds. The summed E-state index contributed by atoms with van der Waals surface area (Å²) < 4.78 is 0. The Morgan fingerprint density at radius 2 is 1.37 bits per heavy atom. The van der Waals surface area contributed by atoms with Crippen molar-refractivity contribution in [3.8, 4) is 11.8 Å². The second-order valence-electron chi connectivity index (χ2n) is 6.36. The van der Waals surface area contributed by atoms with Gasteiger partial charge >= 0.3 is 0 Å². The van der Waals surface area contributed by atoms with Crippen LogP contribution in [0, 0.1) is 11.8 Å². The Hall–Kier alpha value is -3.53. The molecule has 0 aliphatic rings. The molecule has 0 aliphatic heterocycles. The van der Waals surface area contributed by atoms with Crippen LogP contribution in [0.15, 0.2) is 84.9 Å². The minimum atomic E-state index is 0.297. The van der Waals surface area contributed by atoms with E-state index in [1.54, 1.807) is 0 Å². The van der Waals surface area contributed by atoms with Crippen LogP contribution in [0.2, 0.25) is 0 Å². The zero-order chi connectivity index (χ0) is 18.9. The van der Waals surface area contributed by atoms with Crippen molar-refractivity contribution >= 4 is 11.6 Å². The highest BCUT2D eigenvalue weighted by molar-refractivity contribution is 5.86. The maximum atomic E-state index is 11.4. The van der Waals surface area contributed by atoms with Gasteiger partial charge in [-0.3, -0.25) is 0 Å². The van der Waals surface area contributed by atoms with Crippen LogP contribution in [0.25, 0.3) is 5.70 Å². The number of rotatable bonds is 5. The van der Waals surface area contributed by atoms with Crippen LogP contribution in [0.3, 0.4) is 0 Å². The fourth-order valence-electron chi connectivity index (χ4n) is 2.74. The van der Waals surface area contributed by atoms with Crippen molar-refractivity contribution in [2.24, 2.45) is 0 Å². The first-order valence-corrected chi connectivity index (χ1v) is 8.97. The molecule has 0 bridgehead atoms. The van der Waals surface area contributed by atoms with E-state index < -0.39 is 0 Å². The number of carbonyl (C=O) groups excluding carboxylic acids is 1. The maximum Gasteiger partial charge on any atom is 0.150 e. The first-order valence-electron chi connectivity index (χ1n) is 8.97. The number of hydrogen-bond acceptors (Lipinski definition) is 2. The van der Waals surface area contributed by atoms with Crippen LogP contribution in [-0.4, -0.2) is 12.5 Å². The zero-order valence-electron chi connectivity index (χ0n) is 15.3. The molecule has 0 heterocycles. The number of hydrogen-bond donors (Lipinski definition) is 1. The molecule has 0 radical (unpaired) electrons. The van der Waals surface area contributed by atoms with Gasteiger partial charge in [-0.25, -0.2) is 4.79 Å². The largest absolute Gasteiger partial charge is 0.375 e. The van der Waals surface area contributed by atoms with Gasteiger partial charge in [0, 0.05) is 23.2 Å². The van der Waals surface area contributed by atoms with Gasteiger partial charge in [-0.1, -0.05) is 79.4 Å².